The molecule has 1 heterocycles. The second-order valence-corrected chi connectivity index (χ2v) is 5.33. The fraction of sp³-hybridized carbons (Fsp3) is 0.917. The highest BCUT2D eigenvalue weighted by Gasteiger charge is 2.28. The average molecular weight is 225 g/mol. The van der Waals surface area contributed by atoms with E-state index in [4.69, 9.17) is 10.00 Å². The van der Waals surface area contributed by atoms with Crippen molar-refractivity contribution in [3.63, 3.8) is 0 Å². The minimum Gasteiger partial charge on any atom is -0.383 e. The molecule has 4 heteroatoms. The maximum atomic E-state index is 8.77. The molecule has 1 rings (SSSR count). The van der Waals surface area contributed by atoms with Crippen molar-refractivity contribution in [3.05, 3.63) is 0 Å². The van der Waals surface area contributed by atoms with Gasteiger partial charge in [-0.2, -0.15) is 5.26 Å². The Balaban J connectivity index is 2.55. The van der Waals surface area contributed by atoms with Crippen LogP contribution in [0.3, 0.4) is 0 Å². The predicted octanol–water partition coefficient (Wildman–Crippen LogP) is 0.846. The van der Waals surface area contributed by atoms with Crippen molar-refractivity contribution in [1.29, 1.82) is 5.26 Å². The van der Waals surface area contributed by atoms with Gasteiger partial charge in [0, 0.05) is 39.3 Å². The number of nitrogens with one attached hydrogen (secondary N) is 1. The number of methoxy groups -OCH3 is 1. The number of rotatable bonds is 4. The highest BCUT2D eigenvalue weighted by atomic mass is 16.5. The molecule has 1 aliphatic heterocycles. The van der Waals surface area contributed by atoms with E-state index >= 15 is 0 Å². The van der Waals surface area contributed by atoms with E-state index in [2.05, 4.69) is 30.1 Å². The van der Waals surface area contributed by atoms with Crippen LogP contribution >= 0.6 is 0 Å². The molecule has 4 nitrogen and oxygen atoms in total. The van der Waals surface area contributed by atoms with Gasteiger partial charge in [-0.25, -0.2) is 0 Å². The molecule has 1 atom stereocenters. The first-order valence-electron chi connectivity index (χ1n) is 5.89. The molecule has 0 spiro atoms. The highest BCUT2D eigenvalue weighted by Crippen LogP contribution is 2.19. The Bertz CT molecular complexity index is 247. The van der Waals surface area contributed by atoms with Gasteiger partial charge < -0.3 is 10.1 Å². The predicted molar refractivity (Wildman–Crippen MR) is 64.1 cm³/mol. The maximum Gasteiger partial charge on any atom is 0.0638 e. The number of nitriles is 1. The molecule has 16 heavy (non-hydrogen) atoms. The van der Waals surface area contributed by atoms with Gasteiger partial charge in [0.15, 0.2) is 0 Å². The minimum atomic E-state index is 0.262. The molecule has 1 saturated heterocycles. The molecular weight excluding hydrogens is 202 g/mol. The van der Waals surface area contributed by atoms with Crippen LogP contribution in [0.25, 0.3) is 0 Å². The van der Waals surface area contributed by atoms with E-state index in [0.717, 1.165) is 32.8 Å². The molecule has 0 aromatic carbocycles. The molecule has 1 aliphatic rings. The fourth-order valence-electron chi connectivity index (χ4n) is 2.16. The number of hydrogen-bond acceptors (Lipinski definition) is 4. The summed E-state index contributed by atoms with van der Waals surface area (Å²) in [4.78, 5) is 2.39. The summed E-state index contributed by atoms with van der Waals surface area (Å²) < 4.78 is 5.12. The van der Waals surface area contributed by atoms with Crippen molar-refractivity contribution in [1.82, 2.24) is 10.2 Å². The molecule has 0 aromatic heterocycles. The quantitative estimate of drug-likeness (QED) is 0.770. The Hall–Kier alpha value is -0.630. The van der Waals surface area contributed by atoms with Crippen molar-refractivity contribution < 1.29 is 4.74 Å². The lowest BCUT2D eigenvalue weighted by atomic mass is 9.93. The molecular formula is C12H23N3O. The third-order valence-corrected chi connectivity index (χ3v) is 2.95. The summed E-state index contributed by atoms with van der Waals surface area (Å²) in [7, 11) is 1.73. The van der Waals surface area contributed by atoms with E-state index in [9.17, 15) is 0 Å². The van der Waals surface area contributed by atoms with Crippen molar-refractivity contribution in [2.45, 2.75) is 26.3 Å². The Morgan fingerprint density at radius 2 is 2.31 bits per heavy atom. The van der Waals surface area contributed by atoms with E-state index in [-0.39, 0.29) is 5.41 Å². The summed E-state index contributed by atoms with van der Waals surface area (Å²) >= 11 is 0. The molecule has 1 fully saturated rings. The topological polar surface area (TPSA) is 48.3 Å². The molecule has 92 valence electrons. The zero-order valence-electron chi connectivity index (χ0n) is 10.6. The molecule has 0 aromatic rings. The maximum absolute atomic E-state index is 8.77. The SMILES string of the molecule is COCCN1CC(CC#N)NCC(C)(C)C1. The minimum absolute atomic E-state index is 0.262. The molecule has 1 N–H and O–H groups in total. The van der Waals surface area contributed by atoms with E-state index in [1.807, 2.05) is 0 Å². The molecule has 0 amide bonds. The summed E-state index contributed by atoms with van der Waals surface area (Å²) in [5.41, 5.74) is 0.262. The third-order valence-electron chi connectivity index (χ3n) is 2.95. The van der Waals surface area contributed by atoms with Crippen LogP contribution in [-0.4, -0.2) is 50.8 Å². The Morgan fingerprint density at radius 1 is 1.56 bits per heavy atom. The van der Waals surface area contributed by atoms with E-state index in [0.29, 0.717) is 12.5 Å². The summed E-state index contributed by atoms with van der Waals surface area (Å²) in [6.07, 6.45) is 0.583. The summed E-state index contributed by atoms with van der Waals surface area (Å²) in [5.74, 6) is 0. The smallest absolute Gasteiger partial charge is 0.0638 e. The van der Waals surface area contributed by atoms with Crippen LogP contribution in [0.15, 0.2) is 0 Å². The monoisotopic (exact) mass is 225 g/mol. The van der Waals surface area contributed by atoms with Gasteiger partial charge in [0.25, 0.3) is 0 Å². The summed E-state index contributed by atoms with van der Waals surface area (Å²) in [5, 5.41) is 12.2. The van der Waals surface area contributed by atoms with Crippen molar-refractivity contribution >= 4 is 0 Å². The third kappa shape index (κ3) is 4.48. The summed E-state index contributed by atoms with van der Waals surface area (Å²) in [6, 6.07) is 2.54. The Morgan fingerprint density at radius 3 is 2.94 bits per heavy atom. The van der Waals surface area contributed by atoms with Crippen LogP contribution in [0, 0.1) is 16.7 Å². The number of ether oxygens (including phenoxy) is 1. The van der Waals surface area contributed by atoms with Crippen LogP contribution < -0.4 is 5.32 Å². The number of nitrogens with zero attached hydrogens (tertiary/aromatic N) is 2. The van der Waals surface area contributed by atoms with E-state index < -0.39 is 0 Å². The molecule has 0 radical (unpaired) electrons. The standard InChI is InChI=1S/C12H23N3O/c1-12(2)9-14-11(4-5-13)8-15(10-12)6-7-16-3/h11,14H,4,6-10H2,1-3H3. The van der Waals surface area contributed by atoms with Gasteiger partial charge >= 0.3 is 0 Å². The van der Waals surface area contributed by atoms with Crippen LogP contribution in [0.2, 0.25) is 0 Å². The Kier molecular flexibility index (Phi) is 5.20. The zero-order valence-corrected chi connectivity index (χ0v) is 10.6. The average Bonchev–Trinajstić information content (AvgIpc) is 2.35. The van der Waals surface area contributed by atoms with Crippen LogP contribution in [0.1, 0.15) is 20.3 Å². The number of hydrogen-bond donors (Lipinski definition) is 1. The van der Waals surface area contributed by atoms with Gasteiger partial charge in [-0.05, 0) is 5.41 Å². The fourth-order valence-corrected chi connectivity index (χ4v) is 2.16. The second kappa shape index (κ2) is 6.19. The van der Waals surface area contributed by atoms with Crippen LogP contribution in [0.5, 0.6) is 0 Å². The zero-order chi connectivity index (χ0) is 12.0. The van der Waals surface area contributed by atoms with Gasteiger partial charge in [0.2, 0.25) is 0 Å². The normalized spacial score (nSPS) is 26.0. The first kappa shape index (κ1) is 13.4. The molecule has 1 unspecified atom stereocenters. The lowest BCUT2D eigenvalue weighted by Gasteiger charge is -2.28. The lowest BCUT2D eigenvalue weighted by Crippen LogP contribution is -2.38. The van der Waals surface area contributed by atoms with Gasteiger partial charge in [-0.3, -0.25) is 4.90 Å². The van der Waals surface area contributed by atoms with E-state index in [1.54, 1.807) is 7.11 Å². The van der Waals surface area contributed by atoms with Crippen LogP contribution in [0.4, 0.5) is 0 Å². The van der Waals surface area contributed by atoms with Gasteiger partial charge in [-0.15, -0.1) is 0 Å². The summed E-state index contributed by atoms with van der Waals surface area (Å²) in [6.45, 7) is 9.20. The van der Waals surface area contributed by atoms with Gasteiger partial charge in [-0.1, -0.05) is 13.8 Å². The van der Waals surface area contributed by atoms with Crippen molar-refractivity contribution in [3.8, 4) is 6.07 Å². The van der Waals surface area contributed by atoms with Gasteiger partial charge in [0.05, 0.1) is 19.1 Å². The van der Waals surface area contributed by atoms with E-state index in [1.165, 1.54) is 0 Å². The van der Waals surface area contributed by atoms with Crippen LogP contribution in [-0.2, 0) is 4.74 Å². The van der Waals surface area contributed by atoms with Crippen molar-refractivity contribution in [2.75, 3.05) is 39.9 Å². The first-order valence-corrected chi connectivity index (χ1v) is 5.89. The molecule has 0 bridgehead atoms. The molecule has 0 saturated carbocycles. The largest absolute Gasteiger partial charge is 0.383 e. The lowest BCUT2D eigenvalue weighted by molar-refractivity contribution is 0.127. The first-order chi connectivity index (χ1) is 7.57. The molecule has 0 aliphatic carbocycles. The van der Waals surface area contributed by atoms with Crippen molar-refractivity contribution in [2.24, 2.45) is 5.41 Å². The highest BCUT2D eigenvalue weighted by molar-refractivity contribution is 4.89. The Labute approximate surface area is 98.6 Å². The van der Waals surface area contributed by atoms with Gasteiger partial charge in [0.1, 0.15) is 0 Å². The second-order valence-electron chi connectivity index (χ2n) is 5.33.